The van der Waals surface area contributed by atoms with Gasteiger partial charge in [0, 0.05) is 37.3 Å². The Morgan fingerprint density at radius 1 is 1.16 bits per heavy atom. The summed E-state index contributed by atoms with van der Waals surface area (Å²) in [6.07, 6.45) is 4.38. The van der Waals surface area contributed by atoms with Crippen LogP contribution >= 0.6 is 0 Å². The number of likely N-dealkylation sites (N-methyl/N-ethyl adjacent to an activating group) is 1. The minimum absolute atomic E-state index is 0.0327. The van der Waals surface area contributed by atoms with Gasteiger partial charge in [-0.15, -0.1) is 0 Å². The number of aromatic nitrogens is 4. The van der Waals surface area contributed by atoms with E-state index in [0.717, 1.165) is 45.5 Å². The van der Waals surface area contributed by atoms with Crippen molar-refractivity contribution in [2.45, 2.75) is 12.3 Å². The summed E-state index contributed by atoms with van der Waals surface area (Å²) >= 11 is 0. The van der Waals surface area contributed by atoms with E-state index in [9.17, 15) is 4.79 Å². The molecule has 4 aromatic rings. The van der Waals surface area contributed by atoms with Crippen LogP contribution in [0.25, 0.3) is 22.0 Å². The molecule has 0 spiro atoms. The minimum atomic E-state index is -0.0327. The molecule has 1 atom stereocenters. The summed E-state index contributed by atoms with van der Waals surface area (Å²) in [5.41, 5.74) is 3.86. The van der Waals surface area contributed by atoms with Crippen LogP contribution in [0.3, 0.4) is 0 Å². The summed E-state index contributed by atoms with van der Waals surface area (Å²) in [5.74, 6) is 3.09. The first-order chi connectivity index (χ1) is 18.6. The summed E-state index contributed by atoms with van der Waals surface area (Å²) in [5, 5.41) is 7.83. The van der Waals surface area contributed by atoms with Crippen molar-refractivity contribution in [3.8, 4) is 22.6 Å². The van der Waals surface area contributed by atoms with E-state index < -0.39 is 0 Å². The number of rotatable bonds is 6. The van der Waals surface area contributed by atoms with E-state index in [2.05, 4.69) is 16.3 Å². The van der Waals surface area contributed by atoms with E-state index in [0.29, 0.717) is 44.6 Å². The number of amides is 1. The number of methoxy groups -OCH3 is 1. The van der Waals surface area contributed by atoms with Gasteiger partial charge >= 0.3 is 0 Å². The van der Waals surface area contributed by atoms with Crippen LogP contribution in [0.1, 0.15) is 17.3 Å². The van der Waals surface area contributed by atoms with Gasteiger partial charge in [0.25, 0.3) is 0 Å². The van der Waals surface area contributed by atoms with E-state index in [1.807, 2.05) is 53.4 Å². The molecule has 0 saturated carbocycles. The molecule has 2 aromatic heterocycles. The smallest absolute Gasteiger partial charge is 0.242 e. The molecular formula is C28H30N6O4. The Balaban J connectivity index is 1.37. The third-order valence-electron chi connectivity index (χ3n) is 7.16. The molecular weight excluding hydrogens is 484 g/mol. The van der Waals surface area contributed by atoms with Crippen molar-refractivity contribution in [1.29, 1.82) is 0 Å². The highest BCUT2D eigenvalue weighted by Gasteiger charge is 2.27. The van der Waals surface area contributed by atoms with Gasteiger partial charge in [-0.2, -0.15) is 5.10 Å². The Morgan fingerprint density at radius 2 is 2.03 bits per heavy atom. The standard InChI is InChI=1S/C28H30N6O4/c1-33(16-26(35)34-7-9-37-10-8-34)28-23-13-18(21-14-29-30-15-21)3-5-24(23)31-27(32-28)20-11-19-12-22(36-2)4-6-25(19)38-17-20/h3-6,12-15,20H,7-11,16-17H2,1-2H3,(H,29,30)/t20-/m1/s1. The lowest BCUT2D eigenvalue weighted by Crippen LogP contribution is -2.45. The topological polar surface area (TPSA) is 106 Å². The Hall–Kier alpha value is -4.18. The number of fused-ring (bicyclic) bond motifs is 2. The van der Waals surface area contributed by atoms with E-state index in [1.54, 1.807) is 13.3 Å². The van der Waals surface area contributed by atoms with Crippen LogP contribution in [0.4, 0.5) is 5.82 Å². The first kappa shape index (κ1) is 24.2. The normalized spacial score (nSPS) is 17.1. The highest BCUT2D eigenvalue weighted by atomic mass is 16.5. The van der Waals surface area contributed by atoms with Crippen molar-refractivity contribution >= 4 is 22.6 Å². The molecule has 6 rings (SSSR count). The molecule has 2 aromatic carbocycles. The predicted molar refractivity (Wildman–Crippen MR) is 143 cm³/mol. The molecule has 2 aliphatic heterocycles. The molecule has 1 N–H and O–H groups in total. The number of ether oxygens (including phenoxy) is 3. The van der Waals surface area contributed by atoms with Gasteiger partial charge in [0.2, 0.25) is 5.91 Å². The van der Waals surface area contributed by atoms with Gasteiger partial charge < -0.3 is 24.0 Å². The van der Waals surface area contributed by atoms with Gasteiger partial charge in [-0.3, -0.25) is 9.89 Å². The Bertz CT molecular complexity index is 1450. The number of morpholine rings is 1. The summed E-state index contributed by atoms with van der Waals surface area (Å²) in [4.78, 5) is 26.9. The Morgan fingerprint density at radius 3 is 2.82 bits per heavy atom. The van der Waals surface area contributed by atoms with Gasteiger partial charge in [0.1, 0.15) is 23.1 Å². The highest BCUT2D eigenvalue weighted by Crippen LogP contribution is 2.36. The van der Waals surface area contributed by atoms with Crippen molar-refractivity contribution in [2.75, 3.05) is 58.5 Å². The van der Waals surface area contributed by atoms with Crippen molar-refractivity contribution in [2.24, 2.45) is 0 Å². The molecule has 38 heavy (non-hydrogen) atoms. The van der Waals surface area contributed by atoms with Crippen LogP contribution in [0.5, 0.6) is 11.5 Å². The highest BCUT2D eigenvalue weighted by molar-refractivity contribution is 5.94. The maximum Gasteiger partial charge on any atom is 0.242 e. The lowest BCUT2D eigenvalue weighted by atomic mass is 9.95. The first-order valence-electron chi connectivity index (χ1n) is 12.8. The average molecular weight is 515 g/mol. The molecule has 0 unspecified atom stereocenters. The van der Waals surface area contributed by atoms with Crippen LogP contribution in [-0.2, 0) is 16.0 Å². The predicted octanol–water partition coefficient (Wildman–Crippen LogP) is 3.04. The summed E-state index contributed by atoms with van der Waals surface area (Å²) in [7, 11) is 3.57. The van der Waals surface area contributed by atoms with Crippen LogP contribution < -0.4 is 14.4 Å². The number of carbonyl (C=O) groups is 1. The molecule has 1 saturated heterocycles. The van der Waals surface area contributed by atoms with E-state index >= 15 is 0 Å². The van der Waals surface area contributed by atoms with E-state index in [1.165, 1.54) is 0 Å². The zero-order valence-electron chi connectivity index (χ0n) is 21.5. The Kier molecular flexibility index (Phi) is 6.55. The van der Waals surface area contributed by atoms with Gasteiger partial charge in [-0.1, -0.05) is 6.07 Å². The molecule has 2 aliphatic rings. The lowest BCUT2D eigenvalue weighted by Gasteiger charge is -2.30. The van der Waals surface area contributed by atoms with Gasteiger partial charge in [-0.25, -0.2) is 9.97 Å². The largest absolute Gasteiger partial charge is 0.497 e. The van der Waals surface area contributed by atoms with Crippen molar-refractivity contribution in [3.05, 3.63) is 60.2 Å². The minimum Gasteiger partial charge on any atom is -0.497 e. The third kappa shape index (κ3) is 4.74. The molecule has 0 radical (unpaired) electrons. The van der Waals surface area contributed by atoms with Crippen LogP contribution in [0, 0.1) is 0 Å². The zero-order chi connectivity index (χ0) is 26.1. The number of benzene rings is 2. The van der Waals surface area contributed by atoms with Crippen molar-refractivity contribution < 1.29 is 19.0 Å². The fourth-order valence-electron chi connectivity index (χ4n) is 5.05. The van der Waals surface area contributed by atoms with Crippen LogP contribution in [-0.4, -0.2) is 84.6 Å². The average Bonchev–Trinajstić information content (AvgIpc) is 3.51. The number of carbonyl (C=O) groups excluding carboxylic acids is 1. The molecule has 1 amide bonds. The quantitative estimate of drug-likeness (QED) is 0.419. The van der Waals surface area contributed by atoms with Gasteiger partial charge in [0.15, 0.2) is 0 Å². The van der Waals surface area contributed by atoms with Crippen LogP contribution in [0.15, 0.2) is 48.8 Å². The van der Waals surface area contributed by atoms with Crippen molar-refractivity contribution in [1.82, 2.24) is 25.1 Å². The number of anilines is 1. The molecule has 10 nitrogen and oxygen atoms in total. The zero-order valence-corrected chi connectivity index (χ0v) is 21.5. The molecule has 1 fully saturated rings. The molecule has 0 aliphatic carbocycles. The van der Waals surface area contributed by atoms with Crippen LogP contribution in [0.2, 0.25) is 0 Å². The van der Waals surface area contributed by atoms with Gasteiger partial charge in [-0.05, 0) is 47.9 Å². The molecule has 10 heteroatoms. The SMILES string of the molecule is COc1ccc2c(c1)C[C@@H](c1nc(N(C)CC(=O)N3CCOCC3)c3cc(-c4cn[nH]c4)ccc3n1)CO2. The molecule has 4 heterocycles. The van der Waals surface area contributed by atoms with E-state index in [4.69, 9.17) is 24.2 Å². The number of nitrogens with zero attached hydrogens (tertiary/aromatic N) is 5. The number of nitrogens with one attached hydrogen (secondary N) is 1. The summed E-state index contributed by atoms with van der Waals surface area (Å²) in [6.45, 7) is 3.04. The summed E-state index contributed by atoms with van der Waals surface area (Å²) < 4.78 is 16.9. The summed E-state index contributed by atoms with van der Waals surface area (Å²) in [6, 6.07) is 12.0. The Labute approximate surface area is 220 Å². The monoisotopic (exact) mass is 514 g/mol. The fraction of sp³-hybridized carbons (Fsp3) is 0.357. The number of aromatic amines is 1. The molecule has 0 bridgehead atoms. The number of hydrogen-bond donors (Lipinski definition) is 1. The third-order valence-corrected chi connectivity index (χ3v) is 7.16. The second-order valence-electron chi connectivity index (χ2n) is 9.66. The fourth-order valence-corrected chi connectivity index (χ4v) is 5.05. The maximum absolute atomic E-state index is 13.1. The number of H-pyrrole nitrogens is 1. The second kappa shape index (κ2) is 10.3. The van der Waals surface area contributed by atoms with Gasteiger partial charge in [0.05, 0.1) is 51.1 Å². The first-order valence-corrected chi connectivity index (χ1v) is 12.8. The van der Waals surface area contributed by atoms with E-state index in [-0.39, 0.29) is 18.4 Å². The maximum atomic E-state index is 13.1. The lowest BCUT2D eigenvalue weighted by molar-refractivity contribution is -0.133. The van der Waals surface area contributed by atoms with Crippen molar-refractivity contribution in [3.63, 3.8) is 0 Å². The number of hydrogen-bond acceptors (Lipinski definition) is 8. The molecule has 196 valence electrons. The second-order valence-corrected chi connectivity index (χ2v) is 9.66.